The molecule has 1 aromatic carbocycles. The fraction of sp³-hybridized carbons (Fsp3) is 0.286. The maximum Gasteiger partial charge on any atom is 0.372 e. The second kappa shape index (κ2) is 12.0. The summed E-state index contributed by atoms with van der Waals surface area (Å²) in [7, 11) is 0. The topological polar surface area (TPSA) is 3.24 Å². The highest BCUT2D eigenvalue weighted by Gasteiger charge is 2.28. The maximum atomic E-state index is 6.05. The van der Waals surface area contributed by atoms with Crippen LogP contribution in [0, 0.1) is 0 Å². The molecule has 1 nitrogen and oxygen atoms in total. The van der Waals surface area contributed by atoms with E-state index in [9.17, 15) is 0 Å². The summed E-state index contributed by atoms with van der Waals surface area (Å²) in [6, 6.07) is 0.161. The van der Waals surface area contributed by atoms with Crippen molar-refractivity contribution in [1.29, 1.82) is 0 Å². The quantitative estimate of drug-likeness (QED) is 0.150. The zero-order valence-electron chi connectivity index (χ0n) is 13.8. The van der Waals surface area contributed by atoms with Crippen LogP contribution < -0.4 is 10.1 Å². The summed E-state index contributed by atoms with van der Waals surface area (Å²) in [6.07, 6.45) is 7.69. The van der Waals surface area contributed by atoms with Gasteiger partial charge in [-0.25, -0.2) is 0 Å². The molecule has 0 atom stereocenters. The SMILES string of the molecule is Cl[Si](Cl)(Cl)C/C=C\CN(C/C=C\C[Si](Cl)(Cl)Cl)c1ccc([Si](Cl)(Cl)Cl)cc1. The molecule has 0 radical (unpaired) electrons. The molecule has 0 amide bonds. The molecule has 0 aliphatic heterocycles. The Kier molecular flexibility index (Phi) is 11.9. The van der Waals surface area contributed by atoms with Crippen LogP contribution in [0.1, 0.15) is 0 Å². The lowest BCUT2D eigenvalue weighted by atomic mass is 10.2. The van der Waals surface area contributed by atoms with E-state index in [2.05, 4.69) is 4.90 Å². The summed E-state index contributed by atoms with van der Waals surface area (Å²) in [6.45, 7) is 1.24. The lowest BCUT2D eigenvalue weighted by molar-refractivity contribution is 0.952. The van der Waals surface area contributed by atoms with Crippen LogP contribution in [0.5, 0.6) is 0 Å². The van der Waals surface area contributed by atoms with Crippen molar-refractivity contribution in [2.75, 3.05) is 18.0 Å². The van der Waals surface area contributed by atoms with Crippen molar-refractivity contribution in [2.24, 2.45) is 0 Å². The van der Waals surface area contributed by atoms with E-state index in [1.54, 1.807) is 0 Å². The van der Waals surface area contributed by atoms with Crippen molar-refractivity contribution in [3.05, 3.63) is 48.6 Å². The highest BCUT2D eigenvalue weighted by molar-refractivity contribution is 7.69. The molecule has 0 saturated heterocycles. The van der Waals surface area contributed by atoms with Gasteiger partial charge in [-0.05, 0) is 17.3 Å². The Morgan fingerprint density at radius 1 is 0.630 bits per heavy atom. The number of rotatable bonds is 10. The van der Waals surface area contributed by atoms with Gasteiger partial charge in [0.2, 0.25) is 0 Å². The van der Waals surface area contributed by atoms with Crippen molar-refractivity contribution < 1.29 is 0 Å². The predicted octanol–water partition coefficient (Wildman–Crippen LogP) is 7.78. The zero-order valence-corrected chi connectivity index (χ0v) is 23.6. The standard InChI is InChI=1S/C14H16Cl9NSi3/c15-25(16,17)11-3-1-9-24(10-2-4-12-26(18,19)20)13-5-7-14(8-6-13)27(21,22)23/h1-8H,9-12H2/b3-1-,4-2-. The molecule has 0 heterocycles. The molecular formula is C14H16Cl9NSi3. The van der Waals surface area contributed by atoms with Crippen LogP contribution in [-0.4, -0.2) is 31.1 Å². The lowest BCUT2D eigenvalue weighted by Gasteiger charge is -2.23. The van der Waals surface area contributed by atoms with E-state index in [0.717, 1.165) is 10.9 Å². The third-order valence-corrected chi connectivity index (χ3v) is 10.4. The predicted molar refractivity (Wildman–Crippen MR) is 136 cm³/mol. The minimum atomic E-state index is -2.90. The van der Waals surface area contributed by atoms with E-state index in [4.69, 9.17) is 99.7 Å². The third kappa shape index (κ3) is 12.9. The van der Waals surface area contributed by atoms with Gasteiger partial charge in [0.1, 0.15) is 0 Å². The molecule has 0 aliphatic carbocycles. The number of halogens is 9. The summed E-state index contributed by atoms with van der Waals surface area (Å²) in [4.78, 5) is 2.11. The molecular weight excluding hydrogens is 585 g/mol. The van der Waals surface area contributed by atoms with Crippen molar-refractivity contribution in [1.82, 2.24) is 0 Å². The highest BCUT2D eigenvalue weighted by atomic mass is 35.9. The minimum absolute atomic E-state index is 0.456. The van der Waals surface area contributed by atoms with E-state index in [1.807, 2.05) is 48.6 Å². The highest BCUT2D eigenvalue weighted by Crippen LogP contribution is 2.26. The normalized spacial score (nSPS) is 13.7. The van der Waals surface area contributed by atoms with Crippen LogP contribution in [0.2, 0.25) is 12.1 Å². The Bertz CT molecular complexity index is 605. The van der Waals surface area contributed by atoms with E-state index in [1.165, 1.54) is 0 Å². The van der Waals surface area contributed by atoms with Crippen molar-refractivity contribution in [3.8, 4) is 0 Å². The first-order valence-corrected chi connectivity index (χ1v) is 23.2. The Labute approximate surface area is 205 Å². The van der Waals surface area contributed by atoms with E-state index >= 15 is 0 Å². The Morgan fingerprint density at radius 3 is 1.37 bits per heavy atom. The number of benzene rings is 1. The number of nitrogens with zero attached hydrogens (tertiary/aromatic N) is 1. The molecule has 0 saturated carbocycles. The first-order chi connectivity index (χ1) is 12.3. The van der Waals surface area contributed by atoms with Gasteiger partial charge in [-0.15, -0.1) is 99.7 Å². The Morgan fingerprint density at radius 2 is 1.04 bits per heavy atom. The summed E-state index contributed by atoms with van der Waals surface area (Å²) in [5.41, 5.74) is 0.966. The van der Waals surface area contributed by atoms with Gasteiger partial charge in [-0.1, -0.05) is 36.4 Å². The largest absolute Gasteiger partial charge is 0.372 e. The monoisotopic (exact) mass is 597 g/mol. The molecule has 0 N–H and O–H groups in total. The number of allylic oxidation sites excluding steroid dienone is 2. The lowest BCUT2D eigenvalue weighted by Crippen LogP contribution is -2.30. The van der Waals surface area contributed by atoms with Crippen LogP contribution in [0.25, 0.3) is 0 Å². The number of anilines is 1. The maximum absolute atomic E-state index is 6.05. The van der Waals surface area contributed by atoms with Gasteiger partial charge < -0.3 is 4.90 Å². The van der Waals surface area contributed by atoms with Gasteiger partial charge in [0, 0.05) is 30.9 Å². The summed E-state index contributed by atoms with van der Waals surface area (Å²) >= 11 is 53.5. The fourth-order valence-corrected chi connectivity index (χ4v) is 6.13. The average molecular weight is 602 g/mol. The zero-order chi connectivity index (χ0) is 20.7. The Balaban J connectivity index is 2.86. The van der Waals surface area contributed by atoms with Gasteiger partial charge in [0.05, 0.1) is 0 Å². The van der Waals surface area contributed by atoms with Crippen LogP contribution in [0.3, 0.4) is 0 Å². The molecule has 152 valence electrons. The van der Waals surface area contributed by atoms with Gasteiger partial charge in [-0.3, -0.25) is 0 Å². The van der Waals surface area contributed by atoms with Crippen LogP contribution in [0.15, 0.2) is 48.6 Å². The molecule has 0 fully saturated rings. The minimum Gasteiger partial charge on any atom is -0.364 e. The van der Waals surface area contributed by atoms with Crippen molar-refractivity contribution >= 4 is 129 Å². The molecule has 1 aromatic rings. The molecule has 13 heteroatoms. The van der Waals surface area contributed by atoms with Crippen LogP contribution in [-0.2, 0) is 0 Å². The molecule has 0 aromatic heterocycles. The van der Waals surface area contributed by atoms with Crippen LogP contribution >= 0.6 is 99.7 Å². The summed E-state index contributed by atoms with van der Waals surface area (Å²) in [5.74, 6) is 0. The molecule has 1 rings (SSSR count). The summed E-state index contributed by atoms with van der Waals surface area (Å²) in [5, 5.41) is 0.728. The molecule has 27 heavy (non-hydrogen) atoms. The van der Waals surface area contributed by atoms with Gasteiger partial charge in [0.25, 0.3) is 0 Å². The van der Waals surface area contributed by atoms with Crippen molar-refractivity contribution in [2.45, 2.75) is 12.1 Å². The first-order valence-electron chi connectivity index (χ1n) is 7.64. The van der Waals surface area contributed by atoms with Gasteiger partial charge >= 0.3 is 18.0 Å². The molecule has 0 bridgehead atoms. The average Bonchev–Trinajstić information content (AvgIpc) is 2.50. The number of hydrogen-bond donors (Lipinski definition) is 0. The van der Waals surface area contributed by atoms with Crippen molar-refractivity contribution in [3.63, 3.8) is 0 Å². The fourth-order valence-electron chi connectivity index (χ4n) is 1.98. The van der Waals surface area contributed by atoms with Crippen LogP contribution in [0.4, 0.5) is 5.69 Å². The summed E-state index contributed by atoms with van der Waals surface area (Å²) < 4.78 is 0. The van der Waals surface area contributed by atoms with Gasteiger partial charge in [-0.2, -0.15) is 0 Å². The second-order valence-corrected chi connectivity index (χ2v) is 32.3. The van der Waals surface area contributed by atoms with Gasteiger partial charge in [0.15, 0.2) is 0 Å². The van der Waals surface area contributed by atoms with E-state index in [0.29, 0.717) is 25.2 Å². The van der Waals surface area contributed by atoms with E-state index < -0.39 is 18.0 Å². The molecule has 0 unspecified atom stereocenters. The third-order valence-electron chi connectivity index (χ3n) is 3.24. The molecule has 0 aliphatic rings. The Hall–Kier alpha value is 1.76. The molecule has 0 spiro atoms. The first kappa shape index (κ1) is 26.8. The number of hydrogen-bond acceptors (Lipinski definition) is 1. The van der Waals surface area contributed by atoms with E-state index in [-0.39, 0.29) is 0 Å². The second-order valence-electron chi connectivity index (χ2n) is 5.53. The smallest absolute Gasteiger partial charge is 0.364 e.